The number of hydrogen-bond acceptors (Lipinski definition) is 4. The SMILES string of the molecule is COC(=O)[C@@H](Cc1c[nH]c2ccccc12)NC(=O)CNc1cccc(C(F)(F)F)c1. The zero-order chi connectivity index (χ0) is 21.7. The second-order valence-electron chi connectivity index (χ2n) is 6.64. The largest absolute Gasteiger partial charge is 0.467 e. The van der Waals surface area contributed by atoms with Crippen molar-refractivity contribution < 1.29 is 27.5 Å². The monoisotopic (exact) mass is 419 g/mol. The molecule has 1 heterocycles. The molecule has 0 unspecified atom stereocenters. The molecule has 0 aliphatic rings. The van der Waals surface area contributed by atoms with Crippen molar-refractivity contribution in [1.82, 2.24) is 10.3 Å². The third-order valence-electron chi connectivity index (χ3n) is 4.56. The van der Waals surface area contributed by atoms with Crippen LogP contribution < -0.4 is 10.6 Å². The van der Waals surface area contributed by atoms with E-state index in [1.165, 1.54) is 19.2 Å². The predicted molar refractivity (Wildman–Crippen MR) is 106 cm³/mol. The van der Waals surface area contributed by atoms with Crippen LogP contribution in [0.15, 0.2) is 54.7 Å². The summed E-state index contributed by atoms with van der Waals surface area (Å²) in [4.78, 5) is 27.6. The molecule has 1 atom stereocenters. The summed E-state index contributed by atoms with van der Waals surface area (Å²) in [7, 11) is 1.22. The van der Waals surface area contributed by atoms with Crippen LogP contribution in [0.1, 0.15) is 11.1 Å². The molecule has 0 saturated heterocycles. The molecule has 1 amide bonds. The number of nitrogens with one attached hydrogen (secondary N) is 3. The maximum Gasteiger partial charge on any atom is 0.416 e. The molecular weight excluding hydrogens is 399 g/mol. The number of para-hydroxylation sites is 1. The third-order valence-corrected chi connectivity index (χ3v) is 4.56. The van der Waals surface area contributed by atoms with E-state index in [4.69, 9.17) is 4.74 Å². The highest BCUT2D eigenvalue weighted by atomic mass is 19.4. The lowest BCUT2D eigenvalue weighted by atomic mass is 10.0. The van der Waals surface area contributed by atoms with Gasteiger partial charge in [-0.25, -0.2) is 4.79 Å². The standard InChI is InChI=1S/C21H20F3N3O3/c1-30-20(29)18(9-13-11-26-17-8-3-2-7-16(13)17)27-19(28)12-25-15-6-4-5-14(10-15)21(22,23)24/h2-8,10-11,18,25-26H,9,12H2,1H3,(H,27,28)/t18-/m1/s1. The number of amides is 1. The van der Waals surface area contributed by atoms with Crippen LogP contribution in [0.4, 0.5) is 18.9 Å². The molecule has 30 heavy (non-hydrogen) atoms. The van der Waals surface area contributed by atoms with Gasteiger partial charge in [-0.2, -0.15) is 13.2 Å². The van der Waals surface area contributed by atoms with Gasteiger partial charge in [0.1, 0.15) is 6.04 Å². The van der Waals surface area contributed by atoms with Crippen molar-refractivity contribution in [1.29, 1.82) is 0 Å². The van der Waals surface area contributed by atoms with Crippen LogP contribution >= 0.6 is 0 Å². The van der Waals surface area contributed by atoms with Gasteiger partial charge in [0.25, 0.3) is 0 Å². The Bertz CT molecular complexity index is 1050. The van der Waals surface area contributed by atoms with Crippen LogP contribution in [0.5, 0.6) is 0 Å². The van der Waals surface area contributed by atoms with E-state index in [1.54, 1.807) is 6.20 Å². The number of alkyl halides is 3. The van der Waals surface area contributed by atoms with E-state index in [1.807, 2.05) is 24.3 Å². The van der Waals surface area contributed by atoms with Crippen molar-refractivity contribution in [3.8, 4) is 0 Å². The van der Waals surface area contributed by atoms with Gasteiger partial charge in [-0.05, 0) is 29.8 Å². The van der Waals surface area contributed by atoms with Crippen LogP contribution in [0, 0.1) is 0 Å². The number of rotatable bonds is 7. The van der Waals surface area contributed by atoms with Crippen LogP contribution in [0.25, 0.3) is 10.9 Å². The molecule has 0 bridgehead atoms. The van der Waals surface area contributed by atoms with E-state index in [0.717, 1.165) is 28.6 Å². The Kier molecular flexibility index (Phi) is 6.29. The lowest BCUT2D eigenvalue weighted by molar-refractivity contribution is -0.144. The molecule has 1 aromatic heterocycles. The van der Waals surface area contributed by atoms with Crippen LogP contribution in [0.2, 0.25) is 0 Å². The fourth-order valence-corrected chi connectivity index (χ4v) is 3.09. The van der Waals surface area contributed by atoms with Crippen molar-refractivity contribution in [2.75, 3.05) is 19.0 Å². The summed E-state index contributed by atoms with van der Waals surface area (Å²) in [6.45, 7) is -0.303. The molecule has 3 N–H and O–H groups in total. The maximum atomic E-state index is 12.8. The average Bonchev–Trinajstić information content (AvgIpc) is 3.14. The lowest BCUT2D eigenvalue weighted by Crippen LogP contribution is -2.45. The van der Waals surface area contributed by atoms with Crippen molar-refractivity contribution in [3.63, 3.8) is 0 Å². The van der Waals surface area contributed by atoms with Gasteiger partial charge in [-0.15, -0.1) is 0 Å². The van der Waals surface area contributed by atoms with Crippen LogP contribution in [0.3, 0.4) is 0 Å². The molecule has 9 heteroatoms. The van der Waals surface area contributed by atoms with Crippen LogP contribution in [-0.4, -0.2) is 36.6 Å². The zero-order valence-corrected chi connectivity index (χ0v) is 16.0. The quantitative estimate of drug-likeness (QED) is 0.512. The second-order valence-corrected chi connectivity index (χ2v) is 6.64. The number of carbonyl (C=O) groups excluding carboxylic acids is 2. The van der Waals surface area contributed by atoms with Crippen molar-refractivity contribution in [3.05, 3.63) is 65.9 Å². The first-order valence-electron chi connectivity index (χ1n) is 9.11. The number of benzene rings is 2. The highest BCUT2D eigenvalue weighted by molar-refractivity contribution is 5.88. The number of ether oxygens (including phenoxy) is 1. The number of aromatic amines is 1. The van der Waals surface area contributed by atoms with E-state index in [0.29, 0.717) is 0 Å². The van der Waals surface area contributed by atoms with Gasteiger partial charge in [0.15, 0.2) is 0 Å². The molecule has 6 nitrogen and oxygen atoms in total. The van der Waals surface area contributed by atoms with Gasteiger partial charge in [0, 0.05) is 29.2 Å². The number of hydrogen-bond donors (Lipinski definition) is 3. The molecule has 3 aromatic rings. The van der Waals surface area contributed by atoms with Gasteiger partial charge in [0.05, 0.1) is 19.2 Å². The Morgan fingerprint density at radius 2 is 1.90 bits per heavy atom. The number of methoxy groups -OCH3 is 1. The number of halogens is 3. The van der Waals surface area contributed by atoms with Gasteiger partial charge in [0.2, 0.25) is 5.91 Å². The number of H-pyrrole nitrogens is 1. The first-order chi connectivity index (χ1) is 14.3. The van der Waals surface area contributed by atoms with Crippen molar-refractivity contribution >= 4 is 28.5 Å². The molecule has 3 rings (SSSR count). The van der Waals surface area contributed by atoms with E-state index >= 15 is 0 Å². The molecule has 0 saturated carbocycles. The maximum absolute atomic E-state index is 12.8. The summed E-state index contributed by atoms with van der Waals surface area (Å²) in [6, 6.07) is 11.1. The smallest absolute Gasteiger partial charge is 0.416 e. The summed E-state index contributed by atoms with van der Waals surface area (Å²) in [5.41, 5.74) is 1.05. The number of carbonyl (C=O) groups is 2. The Labute approximate surface area is 170 Å². The summed E-state index contributed by atoms with van der Waals surface area (Å²) in [6.07, 6.45) is -2.52. The Morgan fingerprint density at radius 1 is 1.13 bits per heavy atom. The normalized spacial score (nSPS) is 12.4. The summed E-state index contributed by atoms with van der Waals surface area (Å²) < 4.78 is 43.2. The van der Waals surface area contributed by atoms with E-state index in [-0.39, 0.29) is 18.7 Å². The molecule has 0 spiro atoms. The second kappa shape index (κ2) is 8.89. The fraction of sp³-hybridized carbons (Fsp3) is 0.238. The van der Waals surface area contributed by atoms with Crippen LogP contribution in [-0.2, 0) is 26.9 Å². The lowest BCUT2D eigenvalue weighted by Gasteiger charge is -2.17. The average molecular weight is 419 g/mol. The van der Waals surface area contributed by atoms with Crippen molar-refractivity contribution in [2.45, 2.75) is 18.6 Å². The Morgan fingerprint density at radius 3 is 2.63 bits per heavy atom. The third kappa shape index (κ3) is 5.11. The minimum atomic E-state index is -4.48. The van der Waals surface area contributed by atoms with Gasteiger partial charge in [-0.3, -0.25) is 4.79 Å². The number of anilines is 1. The van der Waals surface area contributed by atoms with E-state index in [9.17, 15) is 22.8 Å². The van der Waals surface area contributed by atoms with Crippen molar-refractivity contribution in [2.24, 2.45) is 0 Å². The Hall–Kier alpha value is -3.49. The number of fused-ring (bicyclic) bond motifs is 1. The number of esters is 1. The molecule has 0 aliphatic carbocycles. The molecule has 0 radical (unpaired) electrons. The zero-order valence-electron chi connectivity index (χ0n) is 16.0. The molecular formula is C21H20F3N3O3. The Balaban J connectivity index is 1.65. The molecule has 0 fully saturated rings. The first kappa shape index (κ1) is 21.2. The predicted octanol–water partition coefficient (Wildman–Crippen LogP) is 3.50. The highest BCUT2D eigenvalue weighted by Gasteiger charge is 2.30. The fourth-order valence-electron chi connectivity index (χ4n) is 3.09. The summed E-state index contributed by atoms with van der Waals surface area (Å²) in [5, 5.41) is 6.13. The van der Waals surface area contributed by atoms with E-state index < -0.39 is 29.7 Å². The minimum absolute atomic E-state index is 0.145. The number of aromatic nitrogens is 1. The topological polar surface area (TPSA) is 83.2 Å². The first-order valence-corrected chi connectivity index (χ1v) is 9.11. The van der Waals surface area contributed by atoms with Gasteiger partial charge in [-0.1, -0.05) is 24.3 Å². The molecule has 2 aromatic carbocycles. The summed E-state index contributed by atoms with van der Waals surface area (Å²) in [5.74, 6) is -1.17. The van der Waals surface area contributed by atoms with Gasteiger partial charge >= 0.3 is 12.1 Å². The minimum Gasteiger partial charge on any atom is -0.467 e. The molecule has 158 valence electrons. The highest BCUT2D eigenvalue weighted by Crippen LogP contribution is 2.30. The van der Waals surface area contributed by atoms with Gasteiger partial charge < -0.3 is 20.4 Å². The molecule has 0 aliphatic heterocycles. The summed E-state index contributed by atoms with van der Waals surface area (Å²) >= 11 is 0. The van der Waals surface area contributed by atoms with E-state index in [2.05, 4.69) is 15.6 Å².